The molecule has 0 aliphatic heterocycles. The summed E-state index contributed by atoms with van der Waals surface area (Å²) >= 11 is 3.58. The van der Waals surface area contributed by atoms with E-state index in [1.165, 1.54) is 42.4 Å². The third kappa shape index (κ3) is 5.78. The molecule has 4 aromatic carbocycles. The van der Waals surface area contributed by atoms with E-state index in [0.717, 1.165) is 0 Å². The van der Waals surface area contributed by atoms with Gasteiger partial charge in [-0.25, -0.2) is 0 Å². The van der Waals surface area contributed by atoms with Gasteiger partial charge in [-0.1, -0.05) is 60.7 Å². The number of thiophene rings is 2. The van der Waals surface area contributed by atoms with E-state index in [4.69, 9.17) is 0 Å². The van der Waals surface area contributed by atoms with Crippen molar-refractivity contribution < 1.29 is 46.5 Å². The molecule has 0 nitrogen and oxygen atoms in total. The van der Waals surface area contributed by atoms with E-state index >= 15 is 0 Å². The summed E-state index contributed by atoms with van der Waals surface area (Å²) in [5, 5.41) is 9.55. The number of hydrogen-bond acceptors (Lipinski definition) is 2. The van der Waals surface area contributed by atoms with Crippen molar-refractivity contribution in [1.82, 2.24) is 0 Å². The second kappa shape index (κ2) is 11.8. The third-order valence-electron chi connectivity index (χ3n) is 4.85. The van der Waals surface area contributed by atoms with Gasteiger partial charge in [-0.2, -0.15) is 22.7 Å². The monoisotopic (exact) mass is 512 g/mol. The SMILES string of the molecule is [Cl-].[Cl-].[Ti+4].c1csc(-c2cc3ccccc3[cH-]2)c1.c1csc(-c2cc3ccccc3[cH-]2)c1. The largest absolute Gasteiger partial charge is 4.00 e. The van der Waals surface area contributed by atoms with Crippen molar-refractivity contribution in [3.8, 4) is 20.9 Å². The van der Waals surface area contributed by atoms with Crippen LogP contribution in [0.3, 0.4) is 0 Å². The van der Waals surface area contributed by atoms with Crippen molar-refractivity contribution in [2.24, 2.45) is 0 Å². The van der Waals surface area contributed by atoms with Gasteiger partial charge in [0.2, 0.25) is 0 Å². The molecule has 0 unspecified atom stereocenters. The molecular weight excluding hydrogens is 495 g/mol. The topological polar surface area (TPSA) is 0 Å². The van der Waals surface area contributed by atoms with Crippen LogP contribution >= 0.6 is 22.7 Å². The van der Waals surface area contributed by atoms with Crippen LogP contribution in [0.15, 0.2) is 108 Å². The molecule has 0 aliphatic rings. The summed E-state index contributed by atoms with van der Waals surface area (Å²) in [6.07, 6.45) is 0. The first kappa shape index (κ1) is 25.6. The van der Waals surface area contributed by atoms with Crippen LogP contribution in [0.25, 0.3) is 42.4 Å². The van der Waals surface area contributed by atoms with E-state index in [2.05, 4.69) is 108 Å². The Hall–Kier alpha value is -1.65. The van der Waals surface area contributed by atoms with Gasteiger partial charge in [0.25, 0.3) is 0 Å². The first-order chi connectivity index (χ1) is 13.9. The second-order valence-electron chi connectivity index (χ2n) is 6.70. The van der Waals surface area contributed by atoms with E-state index in [-0.39, 0.29) is 46.5 Å². The molecule has 2 heterocycles. The van der Waals surface area contributed by atoms with Crippen LogP contribution in [-0.4, -0.2) is 0 Å². The van der Waals surface area contributed by atoms with Gasteiger partial charge in [-0.15, -0.1) is 69.1 Å². The Balaban J connectivity index is 0.000000201. The fourth-order valence-corrected chi connectivity index (χ4v) is 4.90. The number of rotatable bonds is 2. The van der Waals surface area contributed by atoms with Crippen molar-refractivity contribution in [1.29, 1.82) is 0 Å². The van der Waals surface area contributed by atoms with Gasteiger partial charge in [0, 0.05) is 0 Å². The zero-order valence-corrected chi connectivity index (χ0v) is 21.2. The zero-order chi connectivity index (χ0) is 18.8. The Bertz CT molecular complexity index is 1140. The van der Waals surface area contributed by atoms with Crippen LogP contribution < -0.4 is 24.8 Å². The van der Waals surface area contributed by atoms with E-state index in [0.29, 0.717) is 0 Å². The molecule has 31 heavy (non-hydrogen) atoms. The quantitative estimate of drug-likeness (QED) is 0.247. The molecule has 0 aliphatic carbocycles. The minimum atomic E-state index is 0. The predicted molar refractivity (Wildman–Crippen MR) is 126 cm³/mol. The Kier molecular flexibility index (Phi) is 9.77. The molecule has 0 radical (unpaired) electrons. The molecule has 5 heteroatoms. The van der Waals surface area contributed by atoms with Crippen molar-refractivity contribution in [2.75, 3.05) is 0 Å². The van der Waals surface area contributed by atoms with Gasteiger partial charge in [0.1, 0.15) is 0 Å². The van der Waals surface area contributed by atoms with Crippen LogP contribution in [0.5, 0.6) is 0 Å². The molecule has 0 amide bonds. The number of hydrogen-bond donors (Lipinski definition) is 0. The fourth-order valence-electron chi connectivity index (χ4n) is 3.47. The van der Waals surface area contributed by atoms with Gasteiger partial charge in [-0.05, 0) is 20.5 Å². The minimum absolute atomic E-state index is 0. The second-order valence-corrected chi connectivity index (χ2v) is 8.60. The van der Waals surface area contributed by atoms with E-state index in [9.17, 15) is 0 Å². The Morgan fingerprint density at radius 3 is 1.29 bits per heavy atom. The van der Waals surface area contributed by atoms with E-state index < -0.39 is 0 Å². The van der Waals surface area contributed by atoms with Crippen molar-refractivity contribution in [3.63, 3.8) is 0 Å². The number of benzene rings is 2. The maximum Gasteiger partial charge on any atom is 4.00 e. The van der Waals surface area contributed by atoms with Crippen LogP contribution in [-0.2, 0) is 21.7 Å². The number of fused-ring (bicyclic) bond motifs is 2. The maximum atomic E-state index is 2.25. The fraction of sp³-hybridized carbons (Fsp3) is 0. The predicted octanol–water partition coefficient (Wildman–Crippen LogP) is 2.58. The molecule has 0 N–H and O–H groups in total. The van der Waals surface area contributed by atoms with Crippen molar-refractivity contribution in [2.45, 2.75) is 0 Å². The minimum Gasteiger partial charge on any atom is -1.00 e. The first-order valence-corrected chi connectivity index (χ1v) is 11.0. The normalized spacial score (nSPS) is 9.81. The third-order valence-corrected chi connectivity index (χ3v) is 6.69. The average molecular weight is 513 g/mol. The molecule has 152 valence electrons. The molecule has 6 aromatic rings. The summed E-state index contributed by atoms with van der Waals surface area (Å²) in [6, 6.07) is 34.5. The molecule has 6 rings (SSSR count). The Morgan fingerprint density at radius 2 is 0.935 bits per heavy atom. The standard InChI is InChI=1S/2C13H9S.2ClH.Ti/c2*1-2-5-11-9-12(8-10(11)4-1)13-6-3-7-14-13;;;/h2*1-9H;2*1H;/q2*-1;;;+4/p-2. The van der Waals surface area contributed by atoms with Crippen LogP contribution in [0.1, 0.15) is 0 Å². The molecular formula is C26H18Cl2S2Ti. The van der Waals surface area contributed by atoms with Crippen LogP contribution in [0.4, 0.5) is 0 Å². The molecule has 0 saturated carbocycles. The van der Waals surface area contributed by atoms with Crippen molar-refractivity contribution >= 4 is 44.2 Å². The summed E-state index contributed by atoms with van der Waals surface area (Å²) in [5.41, 5.74) is 2.67. The van der Waals surface area contributed by atoms with Gasteiger partial charge >= 0.3 is 21.7 Å². The van der Waals surface area contributed by atoms with Gasteiger partial charge in [-0.3, -0.25) is 0 Å². The Labute approximate surface area is 218 Å². The molecule has 0 fully saturated rings. The molecule has 0 spiro atoms. The number of halogens is 2. The molecule has 2 aromatic heterocycles. The smallest absolute Gasteiger partial charge is 1.00 e. The summed E-state index contributed by atoms with van der Waals surface area (Å²) in [4.78, 5) is 2.70. The molecule has 0 bridgehead atoms. The van der Waals surface area contributed by atoms with Gasteiger partial charge in [0.05, 0.1) is 0 Å². The van der Waals surface area contributed by atoms with E-state index in [1.807, 2.05) is 0 Å². The maximum absolute atomic E-state index is 2.25. The summed E-state index contributed by atoms with van der Waals surface area (Å²) in [5.74, 6) is 0. The van der Waals surface area contributed by atoms with Crippen LogP contribution in [0, 0.1) is 0 Å². The van der Waals surface area contributed by atoms with Crippen molar-refractivity contribution in [3.05, 3.63) is 108 Å². The van der Waals surface area contributed by atoms with E-state index in [1.54, 1.807) is 22.7 Å². The first-order valence-electron chi connectivity index (χ1n) is 9.25. The Morgan fingerprint density at radius 1 is 0.516 bits per heavy atom. The summed E-state index contributed by atoms with van der Waals surface area (Å²) in [6.45, 7) is 0. The zero-order valence-electron chi connectivity index (χ0n) is 16.5. The van der Waals surface area contributed by atoms with Crippen LogP contribution in [0.2, 0.25) is 0 Å². The molecule has 0 saturated heterocycles. The summed E-state index contributed by atoms with van der Waals surface area (Å²) in [7, 11) is 0. The van der Waals surface area contributed by atoms with Gasteiger partial charge in [0.15, 0.2) is 0 Å². The average Bonchev–Trinajstić information content (AvgIpc) is 3.54. The summed E-state index contributed by atoms with van der Waals surface area (Å²) < 4.78 is 0. The van der Waals surface area contributed by atoms with Gasteiger partial charge < -0.3 is 24.8 Å². The molecule has 0 atom stereocenters.